The summed E-state index contributed by atoms with van der Waals surface area (Å²) in [6.45, 7) is 0. The monoisotopic (exact) mass is 639 g/mol. The summed E-state index contributed by atoms with van der Waals surface area (Å²) < 4.78 is 42.4. The number of alkyl halides is 2. The van der Waals surface area contributed by atoms with Gasteiger partial charge in [-0.2, -0.15) is 5.26 Å². The van der Waals surface area contributed by atoms with E-state index in [1.807, 2.05) is 6.07 Å². The molecule has 2 aromatic carbocycles. The highest BCUT2D eigenvalue weighted by Gasteiger charge is 2.44. The van der Waals surface area contributed by atoms with Gasteiger partial charge in [0.25, 0.3) is 5.91 Å². The standard InChI is InChI=1S/C32H29ClF3N5O3.CH4/c33-25-8-2-1-7-24(25)29(30(43)39-22-11-14-32(35,36)15-12-22)40(23-6-3-5-21(34)18-23)31(44)26-9-4-10-28(42)41(26)27-17-20(19-37)13-16-38-27;/h1-3,5-8,13,16-18,22,26,29H,4,9-12,14-15H2,(H,39,43);1H4/t26-,29-;/m0./s1. The smallest absolute Gasteiger partial charge is 0.251 e. The SMILES string of the molecule is C.N#Cc1ccnc(N2C(=O)CCC[C@H]2C(=O)N(c2cccc(F)c2)[C@H](C(=O)NC2CCC(F)(F)CC2)c2ccccc2Cl)c1. The molecule has 3 aromatic rings. The second kappa shape index (κ2) is 14.1. The van der Waals surface area contributed by atoms with Crippen LogP contribution in [0.25, 0.3) is 0 Å². The number of carbonyl (C=O) groups excluding carboxylic acids is 3. The minimum atomic E-state index is -2.82. The van der Waals surface area contributed by atoms with Gasteiger partial charge in [-0.3, -0.25) is 24.2 Å². The Morgan fingerprint density at radius 1 is 1.09 bits per heavy atom. The molecule has 45 heavy (non-hydrogen) atoms. The number of rotatable bonds is 7. The maximum absolute atomic E-state index is 14.7. The van der Waals surface area contributed by atoms with Gasteiger partial charge in [-0.15, -0.1) is 0 Å². The summed E-state index contributed by atoms with van der Waals surface area (Å²) in [5, 5.41) is 12.4. The summed E-state index contributed by atoms with van der Waals surface area (Å²) in [6.07, 6.45) is 1.33. The molecule has 2 fully saturated rings. The van der Waals surface area contributed by atoms with E-state index in [1.165, 1.54) is 41.4 Å². The van der Waals surface area contributed by atoms with Gasteiger partial charge >= 0.3 is 0 Å². The number of pyridine rings is 1. The molecule has 2 heterocycles. The Labute approximate surface area is 264 Å². The number of aromatic nitrogens is 1. The fourth-order valence-electron chi connectivity index (χ4n) is 5.76. The van der Waals surface area contributed by atoms with Crippen molar-refractivity contribution >= 4 is 40.8 Å². The highest BCUT2D eigenvalue weighted by Crippen LogP contribution is 2.37. The van der Waals surface area contributed by atoms with E-state index in [0.29, 0.717) is 6.42 Å². The minimum absolute atomic E-state index is 0. The Kier molecular flexibility index (Phi) is 10.5. The Morgan fingerprint density at radius 2 is 1.82 bits per heavy atom. The van der Waals surface area contributed by atoms with E-state index in [0.717, 1.165) is 11.0 Å². The lowest BCUT2D eigenvalue weighted by molar-refractivity contribution is -0.130. The van der Waals surface area contributed by atoms with Crippen LogP contribution in [-0.4, -0.2) is 40.7 Å². The molecule has 1 aliphatic heterocycles. The summed E-state index contributed by atoms with van der Waals surface area (Å²) in [4.78, 5) is 48.7. The molecule has 1 N–H and O–H groups in total. The van der Waals surface area contributed by atoms with Gasteiger partial charge in [0, 0.05) is 47.8 Å². The molecule has 8 nitrogen and oxygen atoms in total. The highest BCUT2D eigenvalue weighted by atomic mass is 35.5. The van der Waals surface area contributed by atoms with Crippen LogP contribution in [0.5, 0.6) is 0 Å². The number of nitrogens with one attached hydrogen (secondary N) is 1. The molecule has 1 aliphatic carbocycles. The number of halogens is 4. The zero-order valence-corrected chi connectivity index (χ0v) is 24.3. The van der Waals surface area contributed by atoms with Crippen LogP contribution in [-0.2, 0) is 14.4 Å². The lowest BCUT2D eigenvalue weighted by atomic mass is 9.91. The number of hydrogen-bond acceptors (Lipinski definition) is 5. The highest BCUT2D eigenvalue weighted by molar-refractivity contribution is 6.31. The number of anilines is 2. The fraction of sp³-hybridized carbons (Fsp3) is 0.364. The van der Waals surface area contributed by atoms with Crippen LogP contribution >= 0.6 is 11.6 Å². The molecule has 5 rings (SSSR count). The van der Waals surface area contributed by atoms with Crippen LogP contribution in [0.15, 0.2) is 66.9 Å². The molecule has 0 spiro atoms. The molecule has 0 unspecified atom stereocenters. The maximum Gasteiger partial charge on any atom is 0.251 e. The molecule has 1 saturated heterocycles. The zero-order valence-electron chi connectivity index (χ0n) is 23.6. The summed E-state index contributed by atoms with van der Waals surface area (Å²) in [7, 11) is 0. The van der Waals surface area contributed by atoms with Crippen LogP contribution in [0, 0.1) is 17.1 Å². The van der Waals surface area contributed by atoms with Crippen LogP contribution < -0.4 is 15.1 Å². The molecule has 0 bridgehead atoms. The van der Waals surface area contributed by atoms with Crippen molar-refractivity contribution in [2.75, 3.05) is 9.80 Å². The summed E-state index contributed by atoms with van der Waals surface area (Å²) in [5.74, 6) is -5.20. The lowest BCUT2D eigenvalue weighted by Gasteiger charge is -2.40. The van der Waals surface area contributed by atoms with Crippen molar-refractivity contribution in [1.29, 1.82) is 5.26 Å². The molecule has 2 atom stereocenters. The van der Waals surface area contributed by atoms with E-state index >= 15 is 0 Å². The van der Waals surface area contributed by atoms with Gasteiger partial charge in [0.2, 0.25) is 17.7 Å². The van der Waals surface area contributed by atoms with Crippen LogP contribution in [0.1, 0.15) is 69.5 Å². The molecule has 1 saturated carbocycles. The maximum atomic E-state index is 14.7. The van der Waals surface area contributed by atoms with Gasteiger partial charge in [0.05, 0.1) is 11.6 Å². The molecule has 3 amide bonds. The zero-order chi connectivity index (χ0) is 31.4. The van der Waals surface area contributed by atoms with Crippen molar-refractivity contribution in [3.63, 3.8) is 0 Å². The molecular weight excluding hydrogens is 607 g/mol. The number of hydrogen-bond donors (Lipinski definition) is 1. The largest absolute Gasteiger partial charge is 0.351 e. The molecule has 2 aliphatic rings. The summed E-state index contributed by atoms with van der Waals surface area (Å²) >= 11 is 6.58. The Balaban J connectivity index is 0.00000461. The van der Waals surface area contributed by atoms with E-state index in [-0.39, 0.29) is 60.8 Å². The van der Waals surface area contributed by atoms with Crippen molar-refractivity contribution < 1.29 is 27.6 Å². The van der Waals surface area contributed by atoms with E-state index in [4.69, 9.17) is 11.6 Å². The van der Waals surface area contributed by atoms with Crippen LogP contribution in [0.2, 0.25) is 5.02 Å². The number of amides is 3. The molecule has 0 radical (unpaired) electrons. The molecule has 236 valence electrons. The minimum Gasteiger partial charge on any atom is -0.351 e. The summed E-state index contributed by atoms with van der Waals surface area (Å²) in [5.41, 5.74) is 0.485. The van der Waals surface area contributed by atoms with Crippen molar-refractivity contribution in [3.8, 4) is 6.07 Å². The van der Waals surface area contributed by atoms with Crippen molar-refractivity contribution in [2.45, 2.75) is 76.4 Å². The predicted molar refractivity (Wildman–Crippen MR) is 164 cm³/mol. The Morgan fingerprint density at radius 3 is 2.51 bits per heavy atom. The van der Waals surface area contributed by atoms with Gasteiger partial charge in [0.15, 0.2) is 0 Å². The normalized spacial score (nSPS) is 18.7. The first-order chi connectivity index (χ1) is 21.1. The van der Waals surface area contributed by atoms with Gasteiger partial charge < -0.3 is 5.32 Å². The number of carbonyl (C=O) groups is 3. The van der Waals surface area contributed by atoms with Crippen LogP contribution in [0.4, 0.5) is 24.7 Å². The van der Waals surface area contributed by atoms with E-state index in [2.05, 4.69) is 10.3 Å². The topological polar surface area (TPSA) is 106 Å². The van der Waals surface area contributed by atoms with E-state index < -0.39 is 60.4 Å². The average Bonchev–Trinajstić information content (AvgIpc) is 3.01. The fourth-order valence-corrected chi connectivity index (χ4v) is 6.00. The van der Waals surface area contributed by atoms with Gasteiger partial charge in [0.1, 0.15) is 23.7 Å². The van der Waals surface area contributed by atoms with Gasteiger partial charge in [-0.25, -0.2) is 18.2 Å². The van der Waals surface area contributed by atoms with Crippen molar-refractivity contribution in [2.24, 2.45) is 0 Å². The van der Waals surface area contributed by atoms with E-state index in [1.54, 1.807) is 24.3 Å². The third-order valence-corrected chi connectivity index (χ3v) is 8.29. The Hall–Kier alpha value is -4.43. The molecular formula is C33H33ClF3N5O3. The molecule has 1 aromatic heterocycles. The number of nitrogens with zero attached hydrogens (tertiary/aromatic N) is 4. The second-order valence-corrected chi connectivity index (χ2v) is 11.3. The quantitative estimate of drug-likeness (QED) is 0.308. The predicted octanol–water partition coefficient (Wildman–Crippen LogP) is 6.74. The lowest BCUT2D eigenvalue weighted by Crippen LogP contribution is -2.57. The van der Waals surface area contributed by atoms with E-state index in [9.17, 15) is 32.8 Å². The summed E-state index contributed by atoms with van der Waals surface area (Å²) in [6, 6.07) is 13.2. The third-order valence-electron chi connectivity index (χ3n) is 7.95. The first-order valence-electron chi connectivity index (χ1n) is 14.3. The van der Waals surface area contributed by atoms with Crippen molar-refractivity contribution in [1.82, 2.24) is 10.3 Å². The average molecular weight is 640 g/mol. The number of benzene rings is 2. The molecule has 12 heteroatoms. The van der Waals surface area contributed by atoms with Gasteiger partial charge in [-0.1, -0.05) is 43.3 Å². The number of nitriles is 1. The second-order valence-electron chi connectivity index (χ2n) is 10.9. The first-order valence-corrected chi connectivity index (χ1v) is 14.7. The van der Waals surface area contributed by atoms with Crippen LogP contribution in [0.3, 0.4) is 0 Å². The Bertz CT molecular complexity index is 1600. The van der Waals surface area contributed by atoms with Crippen molar-refractivity contribution in [3.05, 3.63) is 88.8 Å². The third kappa shape index (κ3) is 7.45. The first kappa shape index (κ1) is 33.5. The number of piperidine rings is 1. The van der Waals surface area contributed by atoms with Gasteiger partial charge in [-0.05, 0) is 62.1 Å².